The molecule has 0 unspecified atom stereocenters. The third-order valence-corrected chi connectivity index (χ3v) is 2.38. The highest BCUT2D eigenvalue weighted by Gasteiger charge is 2.06. The van der Waals surface area contributed by atoms with Crippen LogP contribution in [0.3, 0.4) is 0 Å². The molecule has 0 aliphatic heterocycles. The number of halogens is 3. The molecule has 0 aliphatic rings. The van der Waals surface area contributed by atoms with Crippen molar-refractivity contribution in [1.82, 2.24) is 4.98 Å². The summed E-state index contributed by atoms with van der Waals surface area (Å²) in [6.45, 7) is -2.86. The predicted octanol–water partition coefficient (Wildman–Crippen LogP) is 4.24. The maximum atomic E-state index is 12.1. The number of hydrogen-bond donors (Lipinski definition) is 0. The number of aromatic nitrogens is 1. The number of nitrogens with zero attached hydrogens (tertiary/aromatic N) is 1. The second-order valence-electron chi connectivity index (χ2n) is 3.25. The van der Waals surface area contributed by atoms with Crippen molar-refractivity contribution in [1.29, 1.82) is 0 Å². The molecular weight excluding hydrogens is 308 g/mol. The molecule has 2 rings (SSSR count). The van der Waals surface area contributed by atoms with E-state index in [2.05, 4.69) is 25.7 Å². The fraction of sp³-hybridized carbons (Fsp3) is 0.0833. The maximum absolute atomic E-state index is 12.1. The average molecular weight is 316 g/mol. The lowest BCUT2D eigenvalue weighted by Crippen LogP contribution is -2.01. The van der Waals surface area contributed by atoms with Gasteiger partial charge in [-0.2, -0.15) is 8.78 Å². The minimum atomic E-state index is -2.86. The molecule has 94 valence electrons. The maximum Gasteiger partial charge on any atom is 0.387 e. The van der Waals surface area contributed by atoms with Crippen LogP contribution in [-0.4, -0.2) is 11.6 Å². The van der Waals surface area contributed by atoms with Gasteiger partial charge in [-0.1, -0.05) is 12.1 Å². The summed E-state index contributed by atoms with van der Waals surface area (Å²) in [7, 11) is 0. The van der Waals surface area contributed by atoms with Gasteiger partial charge < -0.3 is 9.47 Å². The third kappa shape index (κ3) is 3.66. The summed E-state index contributed by atoms with van der Waals surface area (Å²) in [5.74, 6) is 0.773. The van der Waals surface area contributed by atoms with Gasteiger partial charge in [-0.15, -0.1) is 0 Å². The van der Waals surface area contributed by atoms with Crippen LogP contribution in [0.2, 0.25) is 0 Å². The Kier molecular flexibility index (Phi) is 4.09. The monoisotopic (exact) mass is 315 g/mol. The molecule has 1 aromatic heterocycles. The highest BCUT2D eigenvalue weighted by atomic mass is 79.9. The molecule has 0 atom stereocenters. The normalized spacial score (nSPS) is 10.4. The topological polar surface area (TPSA) is 31.4 Å². The van der Waals surface area contributed by atoms with Gasteiger partial charge in [0.25, 0.3) is 0 Å². The van der Waals surface area contributed by atoms with E-state index in [4.69, 9.17) is 4.74 Å². The molecule has 0 spiro atoms. The molecule has 0 fully saturated rings. The van der Waals surface area contributed by atoms with Gasteiger partial charge in [-0.3, -0.25) is 0 Å². The number of pyridine rings is 1. The summed E-state index contributed by atoms with van der Waals surface area (Å²) in [4.78, 5) is 4.06. The number of ether oxygens (including phenoxy) is 2. The van der Waals surface area contributed by atoms with Crippen LogP contribution in [0.5, 0.6) is 17.4 Å². The minimum Gasteiger partial charge on any atom is -0.439 e. The zero-order valence-corrected chi connectivity index (χ0v) is 10.6. The molecule has 0 saturated carbocycles. The van der Waals surface area contributed by atoms with Crippen molar-refractivity contribution in [3.05, 3.63) is 47.1 Å². The zero-order chi connectivity index (χ0) is 13.0. The smallest absolute Gasteiger partial charge is 0.387 e. The van der Waals surface area contributed by atoms with E-state index in [9.17, 15) is 8.78 Å². The number of rotatable bonds is 4. The van der Waals surface area contributed by atoms with Gasteiger partial charge in [0, 0.05) is 12.1 Å². The molecule has 0 saturated heterocycles. The first-order valence-corrected chi connectivity index (χ1v) is 5.78. The summed E-state index contributed by atoms with van der Waals surface area (Å²) in [6, 6.07) is 11.1. The van der Waals surface area contributed by atoms with Gasteiger partial charge in [-0.25, -0.2) is 4.98 Å². The van der Waals surface area contributed by atoms with E-state index in [1.165, 1.54) is 12.1 Å². The van der Waals surface area contributed by atoms with Gasteiger partial charge in [-0.05, 0) is 34.1 Å². The molecule has 1 aromatic carbocycles. The van der Waals surface area contributed by atoms with Gasteiger partial charge in [0.05, 0.1) is 0 Å². The summed E-state index contributed by atoms with van der Waals surface area (Å²) in [5.41, 5.74) is 0. The van der Waals surface area contributed by atoms with Gasteiger partial charge in [0.1, 0.15) is 16.1 Å². The van der Waals surface area contributed by atoms with Crippen molar-refractivity contribution < 1.29 is 18.3 Å². The molecule has 3 nitrogen and oxygen atoms in total. The highest BCUT2D eigenvalue weighted by molar-refractivity contribution is 9.10. The van der Waals surface area contributed by atoms with Crippen LogP contribution in [0.15, 0.2) is 47.1 Å². The molecule has 0 aliphatic carbocycles. The van der Waals surface area contributed by atoms with Crippen LogP contribution < -0.4 is 9.47 Å². The zero-order valence-electron chi connectivity index (χ0n) is 9.02. The molecule has 0 amide bonds. The van der Waals surface area contributed by atoms with Crippen LogP contribution in [0.25, 0.3) is 0 Å². The Morgan fingerprint density at radius 1 is 1.06 bits per heavy atom. The van der Waals surface area contributed by atoms with Gasteiger partial charge in [0.15, 0.2) is 0 Å². The van der Waals surface area contributed by atoms with Crippen LogP contribution >= 0.6 is 15.9 Å². The van der Waals surface area contributed by atoms with Crippen molar-refractivity contribution >= 4 is 15.9 Å². The Morgan fingerprint density at radius 2 is 1.78 bits per heavy atom. The SMILES string of the molecule is FC(F)Oc1cccc(Oc2cccc(Br)n2)c1. The molecule has 6 heteroatoms. The van der Waals surface area contributed by atoms with Crippen molar-refractivity contribution in [2.24, 2.45) is 0 Å². The first-order valence-electron chi connectivity index (χ1n) is 4.99. The lowest BCUT2D eigenvalue weighted by molar-refractivity contribution is -0.0499. The van der Waals surface area contributed by atoms with E-state index in [1.54, 1.807) is 30.3 Å². The molecule has 0 radical (unpaired) electrons. The van der Waals surface area contributed by atoms with E-state index < -0.39 is 6.61 Å². The Morgan fingerprint density at radius 3 is 2.50 bits per heavy atom. The van der Waals surface area contributed by atoms with Crippen LogP contribution in [0.1, 0.15) is 0 Å². The lowest BCUT2D eigenvalue weighted by atomic mass is 10.3. The molecule has 0 N–H and O–H groups in total. The lowest BCUT2D eigenvalue weighted by Gasteiger charge is -2.07. The fourth-order valence-electron chi connectivity index (χ4n) is 1.28. The summed E-state index contributed by atoms with van der Waals surface area (Å²) in [5, 5.41) is 0. The molecule has 0 bridgehead atoms. The predicted molar refractivity (Wildman–Crippen MR) is 65.1 cm³/mol. The summed E-state index contributed by atoms with van der Waals surface area (Å²) < 4.78 is 34.4. The van der Waals surface area contributed by atoms with Gasteiger partial charge >= 0.3 is 6.61 Å². The van der Waals surface area contributed by atoms with E-state index in [0.717, 1.165) is 0 Å². The second kappa shape index (κ2) is 5.77. The van der Waals surface area contributed by atoms with Crippen molar-refractivity contribution in [2.45, 2.75) is 6.61 Å². The second-order valence-corrected chi connectivity index (χ2v) is 4.07. The molecular formula is C12H8BrF2NO2. The molecule has 18 heavy (non-hydrogen) atoms. The number of benzene rings is 1. The Balaban J connectivity index is 2.14. The number of hydrogen-bond acceptors (Lipinski definition) is 3. The summed E-state index contributed by atoms with van der Waals surface area (Å²) in [6.07, 6.45) is 0. The van der Waals surface area contributed by atoms with Crippen molar-refractivity contribution in [2.75, 3.05) is 0 Å². The molecule has 2 aromatic rings. The van der Waals surface area contributed by atoms with Crippen LogP contribution in [0, 0.1) is 0 Å². The van der Waals surface area contributed by atoms with Crippen LogP contribution in [0.4, 0.5) is 8.78 Å². The van der Waals surface area contributed by atoms with E-state index in [-0.39, 0.29) is 5.75 Å². The highest BCUT2D eigenvalue weighted by Crippen LogP contribution is 2.25. The Labute approximate surface area is 110 Å². The van der Waals surface area contributed by atoms with Crippen molar-refractivity contribution in [3.63, 3.8) is 0 Å². The minimum absolute atomic E-state index is 0.0393. The third-order valence-electron chi connectivity index (χ3n) is 1.94. The fourth-order valence-corrected chi connectivity index (χ4v) is 1.61. The first kappa shape index (κ1) is 12.8. The number of alkyl halides is 2. The average Bonchev–Trinajstić information content (AvgIpc) is 2.28. The molecule has 1 heterocycles. The first-order chi connectivity index (χ1) is 8.63. The van der Waals surface area contributed by atoms with Crippen LogP contribution in [-0.2, 0) is 0 Å². The van der Waals surface area contributed by atoms with Gasteiger partial charge in [0.2, 0.25) is 5.88 Å². The summed E-state index contributed by atoms with van der Waals surface area (Å²) >= 11 is 3.21. The largest absolute Gasteiger partial charge is 0.439 e. The van der Waals surface area contributed by atoms with E-state index in [0.29, 0.717) is 16.2 Å². The van der Waals surface area contributed by atoms with E-state index >= 15 is 0 Å². The Bertz CT molecular complexity index is 537. The Hall–Kier alpha value is -1.69. The van der Waals surface area contributed by atoms with E-state index in [1.807, 2.05) is 0 Å². The van der Waals surface area contributed by atoms with Crippen molar-refractivity contribution in [3.8, 4) is 17.4 Å². The standard InChI is InChI=1S/C12H8BrF2NO2/c13-10-5-2-6-11(16-10)17-8-3-1-4-9(7-8)18-12(14)15/h1-7,12H. The quantitative estimate of drug-likeness (QED) is 0.791.